The molecule has 8 aromatic rings. The summed E-state index contributed by atoms with van der Waals surface area (Å²) in [5, 5.41) is 2.42. The lowest BCUT2D eigenvalue weighted by Gasteiger charge is -2.22. The Morgan fingerprint density at radius 2 is 0.873 bits per heavy atom. The van der Waals surface area contributed by atoms with E-state index in [1.165, 1.54) is 38.6 Å². The van der Waals surface area contributed by atoms with Crippen molar-refractivity contribution in [3.8, 4) is 56.0 Å². The van der Waals surface area contributed by atoms with Crippen LogP contribution in [0.15, 0.2) is 140 Å². The van der Waals surface area contributed by atoms with Crippen LogP contribution >= 0.6 is 0 Å². The Hall–Kier alpha value is -5.80. The quantitative estimate of drug-likeness (QED) is 0.193. The lowest BCUT2D eigenvalue weighted by molar-refractivity contribution is 0.589. The van der Waals surface area contributed by atoms with Crippen molar-refractivity contribution < 1.29 is 0 Å². The molecule has 0 fully saturated rings. The Kier molecular flexibility index (Phi) is 8.88. The summed E-state index contributed by atoms with van der Waals surface area (Å²) in [5.74, 6) is 0. The second-order valence-electron chi connectivity index (χ2n) is 18.1. The molecule has 274 valence electrons. The standard InChI is InChI=1S/C52H51N3/c1-50(2,3)38-23-24-53-46(32-38)43-30-39(51(4,5)6)28-41-42-29-40(52(7,8)9)31-44(49(42)55-48(41)43)47-27-37(34-19-14-11-15-20-34)26-45(54-47)36-22-16-21-35(25-36)33-17-12-10-13-18-33/h10-32,55H,1-9H3. The molecule has 3 heteroatoms. The maximum atomic E-state index is 5.52. The average Bonchev–Trinajstić information content (AvgIpc) is 3.55. The number of hydrogen-bond acceptors (Lipinski definition) is 2. The van der Waals surface area contributed by atoms with E-state index in [1.54, 1.807) is 0 Å². The zero-order chi connectivity index (χ0) is 38.7. The van der Waals surface area contributed by atoms with Crippen LogP contribution in [-0.2, 0) is 16.2 Å². The molecule has 0 saturated heterocycles. The molecular formula is C52H51N3. The van der Waals surface area contributed by atoms with Gasteiger partial charge in [0.05, 0.1) is 28.1 Å². The molecule has 5 aromatic carbocycles. The van der Waals surface area contributed by atoms with Gasteiger partial charge in [-0.3, -0.25) is 4.98 Å². The smallest absolute Gasteiger partial charge is 0.0736 e. The molecule has 3 nitrogen and oxygen atoms in total. The van der Waals surface area contributed by atoms with Crippen molar-refractivity contribution in [2.75, 3.05) is 0 Å². The van der Waals surface area contributed by atoms with E-state index < -0.39 is 0 Å². The molecule has 0 aliphatic heterocycles. The first-order valence-electron chi connectivity index (χ1n) is 19.5. The highest BCUT2D eigenvalue weighted by atomic mass is 14.8. The number of pyridine rings is 2. The van der Waals surface area contributed by atoms with Crippen molar-refractivity contribution in [3.05, 3.63) is 156 Å². The molecule has 0 bridgehead atoms. The summed E-state index contributed by atoms with van der Waals surface area (Å²) in [7, 11) is 0. The van der Waals surface area contributed by atoms with Crippen LogP contribution < -0.4 is 0 Å². The Morgan fingerprint density at radius 3 is 1.44 bits per heavy atom. The topological polar surface area (TPSA) is 41.6 Å². The first-order valence-corrected chi connectivity index (χ1v) is 19.5. The van der Waals surface area contributed by atoms with E-state index in [2.05, 4.69) is 201 Å². The Labute approximate surface area is 326 Å². The molecular weight excluding hydrogens is 667 g/mol. The number of benzene rings is 5. The fourth-order valence-electron chi connectivity index (χ4n) is 7.52. The number of aromatic nitrogens is 3. The van der Waals surface area contributed by atoms with Crippen LogP contribution in [0, 0.1) is 0 Å². The lowest BCUT2D eigenvalue weighted by atomic mass is 9.82. The normalized spacial score (nSPS) is 12.5. The number of H-pyrrole nitrogens is 1. The van der Waals surface area contributed by atoms with E-state index in [9.17, 15) is 0 Å². The van der Waals surface area contributed by atoms with Gasteiger partial charge in [0.2, 0.25) is 0 Å². The maximum absolute atomic E-state index is 5.52. The number of aromatic amines is 1. The Bertz CT molecular complexity index is 2680. The second kappa shape index (κ2) is 13.5. The van der Waals surface area contributed by atoms with Gasteiger partial charge in [-0.1, -0.05) is 141 Å². The van der Waals surface area contributed by atoms with Crippen molar-refractivity contribution in [2.24, 2.45) is 0 Å². The largest absolute Gasteiger partial charge is 0.353 e. The van der Waals surface area contributed by atoms with Gasteiger partial charge in [-0.15, -0.1) is 0 Å². The van der Waals surface area contributed by atoms with Gasteiger partial charge in [-0.05, 0) is 110 Å². The molecule has 3 heterocycles. The van der Waals surface area contributed by atoms with Gasteiger partial charge in [-0.2, -0.15) is 0 Å². The minimum absolute atomic E-state index is 0.00142. The van der Waals surface area contributed by atoms with Gasteiger partial charge < -0.3 is 4.98 Å². The summed E-state index contributed by atoms with van der Waals surface area (Å²) in [6.45, 7) is 20.6. The van der Waals surface area contributed by atoms with Crippen LogP contribution in [0.1, 0.15) is 79.0 Å². The summed E-state index contributed by atoms with van der Waals surface area (Å²) >= 11 is 0. The average molecular weight is 718 g/mol. The fourth-order valence-corrected chi connectivity index (χ4v) is 7.52. The summed E-state index contributed by atoms with van der Waals surface area (Å²) < 4.78 is 0. The predicted octanol–water partition coefficient (Wildman–Crippen LogP) is 14.3. The van der Waals surface area contributed by atoms with Crippen LogP contribution in [0.5, 0.6) is 0 Å². The van der Waals surface area contributed by atoms with E-state index in [1.807, 2.05) is 6.20 Å². The fraction of sp³-hybridized carbons (Fsp3) is 0.231. The Morgan fingerprint density at radius 1 is 0.382 bits per heavy atom. The van der Waals surface area contributed by atoms with Crippen LogP contribution in [0.2, 0.25) is 0 Å². The first-order chi connectivity index (χ1) is 26.1. The van der Waals surface area contributed by atoms with E-state index in [-0.39, 0.29) is 16.2 Å². The number of nitrogens with zero attached hydrogens (tertiary/aromatic N) is 2. The molecule has 0 radical (unpaired) electrons. The molecule has 0 atom stereocenters. The molecule has 8 rings (SSSR count). The van der Waals surface area contributed by atoms with E-state index in [0.29, 0.717) is 0 Å². The summed E-state index contributed by atoms with van der Waals surface area (Å²) in [4.78, 5) is 14.5. The number of nitrogens with one attached hydrogen (secondary N) is 1. The molecule has 0 saturated carbocycles. The highest BCUT2D eigenvalue weighted by molar-refractivity contribution is 6.15. The van der Waals surface area contributed by atoms with Crippen LogP contribution in [0.3, 0.4) is 0 Å². The van der Waals surface area contributed by atoms with Crippen molar-refractivity contribution in [2.45, 2.75) is 78.6 Å². The highest BCUT2D eigenvalue weighted by Crippen LogP contribution is 2.43. The molecule has 0 amide bonds. The third-order valence-corrected chi connectivity index (χ3v) is 10.9. The molecule has 0 aliphatic rings. The van der Waals surface area contributed by atoms with Crippen molar-refractivity contribution >= 4 is 21.8 Å². The van der Waals surface area contributed by atoms with E-state index in [0.717, 1.165) is 55.9 Å². The summed E-state index contributed by atoms with van der Waals surface area (Å²) in [6, 6.07) is 48.4. The Balaban J connectivity index is 1.44. The zero-order valence-electron chi connectivity index (χ0n) is 33.7. The number of rotatable bonds is 5. The maximum Gasteiger partial charge on any atom is 0.0736 e. The predicted molar refractivity (Wildman–Crippen MR) is 235 cm³/mol. The highest BCUT2D eigenvalue weighted by Gasteiger charge is 2.25. The molecule has 0 spiro atoms. The van der Waals surface area contributed by atoms with E-state index >= 15 is 0 Å². The SMILES string of the molecule is CC(C)(C)c1ccnc(-c2cc(C(C)(C)C)cc3c2[nH]c2c(-c4cc(-c5ccccc5)cc(-c5cccc(-c6ccccc6)c5)n4)cc(C(C)(C)C)cc23)c1. The molecule has 3 aromatic heterocycles. The van der Waals surface area contributed by atoms with Crippen molar-refractivity contribution in [1.82, 2.24) is 15.0 Å². The first kappa shape index (κ1) is 36.2. The van der Waals surface area contributed by atoms with Gasteiger partial charge >= 0.3 is 0 Å². The summed E-state index contributed by atoms with van der Waals surface area (Å²) in [6.07, 6.45) is 1.96. The molecule has 0 aliphatic carbocycles. The minimum Gasteiger partial charge on any atom is -0.353 e. The lowest BCUT2D eigenvalue weighted by Crippen LogP contribution is -2.12. The van der Waals surface area contributed by atoms with Crippen LogP contribution in [0.25, 0.3) is 77.8 Å². The van der Waals surface area contributed by atoms with Crippen molar-refractivity contribution in [3.63, 3.8) is 0 Å². The number of fused-ring (bicyclic) bond motifs is 3. The van der Waals surface area contributed by atoms with Crippen LogP contribution in [0.4, 0.5) is 0 Å². The number of hydrogen-bond donors (Lipinski definition) is 1. The molecule has 55 heavy (non-hydrogen) atoms. The molecule has 1 N–H and O–H groups in total. The van der Waals surface area contributed by atoms with Gasteiger partial charge in [0.1, 0.15) is 0 Å². The molecule has 0 unspecified atom stereocenters. The second-order valence-corrected chi connectivity index (χ2v) is 18.1. The van der Waals surface area contributed by atoms with Gasteiger partial charge in [0.25, 0.3) is 0 Å². The van der Waals surface area contributed by atoms with Crippen molar-refractivity contribution in [1.29, 1.82) is 0 Å². The summed E-state index contributed by atoms with van der Waals surface area (Å²) in [5.41, 5.74) is 16.7. The minimum atomic E-state index is -0.0938. The third-order valence-electron chi connectivity index (χ3n) is 10.9. The van der Waals surface area contributed by atoms with Gasteiger partial charge in [0, 0.05) is 33.7 Å². The van der Waals surface area contributed by atoms with Gasteiger partial charge in [-0.25, -0.2) is 4.98 Å². The monoisotopic (exact) mass is 717 g/mol. The van der Waals surface area contributed by atoms with E-state index in [4.69, 9.17) is 9.97 Å². The zero-order valence-corrected chi connectivity index (χ0v) is 33.7. The third kappa shape index (κ3) is 7.12. The van der Waals surface area contributed by atoms with Crippen LogP contribution in [-0.4, -0.2) is 15.0 Å². The van der Waals surface area contributed by atoms with Gasteiger partial charge in [0.15, 0.2) is 0 Å².